The van der Waals surface area contributed by atoms with Gasteiger partial charge >= 0.3 is 6.18 Å². The number of nitriles is 1. The lowest BCUT2D eigenvalue weighted by molar-refractivity contribution is -0.137. The van der Waals surface area contributed by atoms with Gasteiger partial charge in [-0.1, -0.05) is 11.6 Å². The third-order valence-electron chi connectivity index (χ3n) is 3.02. The van der Waals surface area contributed by atoms with Gasteiger partial charge in [0.2, 0.25) is 5.91 Å². The maximum atomic E-state index is 12.9. The highest BCUT2D eigenvalue weighted by Crippen LogP contribution is 2.36. The summed E-state index contributed by atoms with van der Waals surface area (Å²) in [6, 6.07) is 11.3. The maximum Gasteiger partial charge on any atom is 0.418 e. The highest BCUT2D eigenvalue weighted by Gasteiger charge is 2.33. The average Bonchev–Trinajstić information content (AvgIpc) is 2.53. The number of nitrogens with one attached hydrogen (secondary N) is 2. The first kappa shape index (κ1) is 17.6. The van der Waals surface area contributed by atoms with Crippen LogP contribution in [-0.4, -0.2) is 12.5 Å². The molecule has 0 aromatic heterocycles. The topological polar surface area (TPSA) is 64.9 Å². The SMILES string of the molecule is N#Cc1ccc(NC(=O)CNc2ccc(Cl)cc2C(F)(F)F)cc1. The fraction of sp³-hybridized carbons (Fsp3) is 0.125. The third-order valence-corrected chi connectivity index (χ3v) is 3.26. The lowest BCUT2D eigenvalue weighted by atomic mass is 10.1. The first-order valence-corrected chi connectivity index (χ1v) is 7.08. The molecule has 0 atom stereocenters. The summed E-state index contributed by atoms with van der Waals surface area (Å²) in [7, 11) is 0. The molecule has 0 unspecified atom stereocenters. The van der Waals surface area contributed by atoms with Gasteiger partial charge in [-0.15, -0.1) is 0 Å². The number of rotatable bonds is 4. The lowest BCUT2D eigenvalue weighted by Gasteiger charge is -2.15. The number of nitrogens with zero attached hydrogens (tertiary/aromatic N) is 1. The number of anilines is 2. The molecule has 0 radical (unpaired) electrons. The van der Waals surface area contributed by atoms with E-state index in [1.807, 2.05) is 6.07 Å². The number of hydrogen-bond acceptors (Lipinski definition) is 3. The molecular weight excluding hydrogens is 343 g/mol. The molecule has 2 aromatic carbocycles. The van der Waals surface area contributed by atoms with E-state index in [1.54, 1.807) is 0 Å². The fourth-order valence-corrected chi connectivity index (χ4v) is 2.09. The summed E-state index contributed by atoms with van der Waals surface area (Å²) in [5, 5.41) is 13.6. The van der Waals surface area contributed by atoms with Crippen LogP contribution in [0.25, 0.3) is 0 Å². The molecular formula is C16H11ClF3N3O. The number of hydrogen-bond donors (Lipinski definition) is 2. The van der Waals surface area contributed by atoms with Gasteiger partial charge in [0.05, 0.1) is 23.7 Å². The number of halogens is 4. The van der Waals surface area contributed by atoms with E-state index >= 15 is 0 Å². The van der Waals surface area contributed by atoms with Crippen LogP contribution in [0.1, 0.15) is 11.1 Å². The largest absolute Gasteiger partial charge is 0.418 e. The second-order valence-electron chi connectivity index (χ2n) is 4.78. The van der Waals surface area contributed by atoms with Gasteiger partial charge in [0.1, 0.15) is 0 Å². The zero-order valence-corrected chi connectivity index (χ0v) is 12.9. The first-order chi connectivity index (χ1) is 11.3. The van der Waals surface area contributed by atoms with Crippen LogP contribution in [0.5, 0.6) is 0 Å². The molecule has 24 heavy (non-hydrogen) atoms. The van der Waals surface area contributed by atoms with Gasteiger partial charge in [0.15, 0.2) is 0 Å². The van der Waals surface area contributed by atoms with Crippen molar-refractivity contribution in [2.75, 3.05) is 17.2 Å². The van der Waals surface area contributed by atoms with Crippen molar-refractivity contribution >= 4 is 28.9 Å². The Balaban J connectivity index is 2.02. The number of amides is 1. The molecule has 0 fully saturated rings. The average molecular weight is 354 g/mol. The summed E-state index contributed by atoms with van der Waals surface area (Å²) >= 11 is 5.59. The molecule has 0 heterocycles. The van der Waals surface area contributed by atoms with Crippen molar-refractivity contribution in [3.63, 3.8) is 0 Å². The minimum Gasteiger partial charge on any atom is -0.376 e. The third kappa shape index (κ3) is 4.64. The minimum absolute atomic E-state index is 0.0464. The number of carbonyl (C=O) groups excluding carboxylic acids is 1. The van der Waals surface area contributed by atoms with E-state index in [4.69, 9.17) is 16.9 Å². The highest BCUT2D eigenvalue weighted by atomic mass is 35.5. The standard InChI is InChI=1S/C16H11ClF3N3O/c17-11-3-6-14(13(7-11)16(18,19)20)22-9-15(24)23-12-4-1-10(8-21)2-5-12/h1-7,22H,9H2,(H,23,24). The van der Waals surface area contributed by atoms with Gasteiger partial charge in [-0.25, -0.2) is 0 Å². The van der Waals surface area contributed by atoms with Crippen molar-refractivity contribution < 1.29 is 18.0 Å². The molecule has 4 nitrogen and oxygen atoms in total. The Hall–Kier alpha value is -2.72. The number of alkyl halides is 3. The maximum absolute atomic E-state index is 12.9. The number of benzene rings is 2. The summed E-state index contributed by atoms with van der Waals surface area (Å²) in [4.78, 5) is 11.8. The smallest absolute Gasteiger partial charge is 0.376 e. The summed E-state index contributed by atoms with van der Waals surface area (Å²) in [6.07, 6.45) is -4.59. The van der Waals surface area contributed by atoms with E-state index < -0.39 is 17.6 Å². The fourth-order valence-electron chi connectivity index (χ4n) is 1.91. The van der Waals surface area contributed by atoms with Crippen LogP contribution in [-0.2, 0) is 11.0 Å². The highest BCUT2D eigenvalue weighted by molar-refractivity contribution is 6.30. The Morgan fingerprint density at radius 3 is 2.42 bits per heavy atom. The van der Waals surface area contributed by atoms with Crippen LogP contribution in [0.2, 0.25) is 5.02 Å². The van der Waals surface area contributed by atoms with Crippen LogP contribution < -0.4 is 10.6 Å². The molecule has 124 valence electrons. The first-order valence-electron chi connectivity index (χ1n) is 6.70. The Bertz CT molecular complexity index is 783. The predicted octanol–water partition coefficient (Wildman–Crippen LogP) is 4.28. The van der Waals surface area contributed by atoms with E-state index in [1.165, 1.54) is 36.4 Å². The Kier molecular flexibility index (Phi) is 5.31. The van der Waals surface area contributed by atoms with Gasteiger partial charge in [-0.3, -0.25) is 4.79 Å². The van der Waals surface area contributed by atoms with Crippen LogP contribution in [0.3, 0.4) is 0 Å². The molecule has 1 amide bonds. The summed E-state index contributed by atoms with van der Waals surface area (Å²) in [5.74, 6) is -0.525. The molecule has 0 aliphatic carbocycles. The van der Waals surface area contributed by atoms with Crippen LogP contribution in [0.15, 0.2) is 42.5 Å². The van der Waals surface area contributed by atoms with Crippen LogP contribution in [0.4, 0.5) is 24.5 Å². The van der Waals surface area contributed by atoms with Crippen molar-refractivity contribution in [1.29, 1.82) is 5.26 Å². The van der Waals surface area contributed by atoms with Crippen molar-refractivity contribution in [2.24, 2.45) is 0 Å². The summed E-state index contributed by atoms with van der Waals surface area (Å²) in [5.41, 5.74) is -0.307. The van der Waals surface area contributed by atoms with Gasteiger partial charge in [0, 0.05) is 16.4 Å². The van der Waals surface area contributed by atoms with Crippen LogP contribution in [0, 0.1) is 11.3 Å². The van der Waals surface area contributed by atoms with Gasteiger partial charge < -0.3 is 10.6 Å². The molecule has 0 aliphatic heterocycles. The van der Waals surface area contributed by atoms with E-state index in [-0.39, 0.29) is 17.3 Å². The quantitative estimate of drug-likeness (QED) is 0.862. The summed E-state index contributed by atoms with van der Waals surface area (Å²) in [6.45, 7) is -0.356. The second kappa shape index (κ2) is 7.23. The van der Waals surface area contributed by atoms with E-state index in [2.05, 4.69) is 10.6 Å². The molecule has 0 aliphatic rings. The normalized spacial score (nSPS) is 10.8. The molecule has 2 rings (SSSR count). The van der Waals surface area contributed by atoms with E-state index in [9.17, 15) is 18.0 Å². The monoisotopic (exact) mass is 353 g/mol. The Morgan fingerprint density at radius 1 is 1.17 bits per heavy atom. The molecule has 0 bridgehead atoms. The minimum atomic E-state index is -4.59. The predicted molar refractivity (Wildman–Crippen MR) is 84.7 cm³/mol. The van der Waals surface area contributed by atoms with E-state index in [0.717, 1.165) is 6.07 Å². The van der Waals surface area contributed by atoms with E-state index in [0.29, 0.717) is 11.3 Å². The van der Waals surface area contributed by atoms with Gasteiger partial charge in [-0.05, 0) is 42.5 Å². The van der Waals surface area contributed by atoms with Crippen molar-refractivity contribution in [1.82, 2.24) is 0 Å². The molecule has 0 saturated heterocycles. The lowest BCUT2D eigenvalue weighted by Crippen LogP contribution is -2.23. The number of carbonyl (C=O) groups is 1. The Labute approximate surface area is 140 Å². The second-order valence-corrected chi connectivity index (χ2v) is 5.21. The zero-order valence-electron chi connectivity index (χ0n) is 12.1. The summed E-state index contributed by atoms with van der Waals surface area (Å²) < 4.78 is 38.8. The molecule has 8 heteroatoms. The molecule has 0 spiro atoms. The van der Waals surface area contributed by atoms with Crippen molar-refractivity contribution in [2.45, 2.75) is 6.18 Å². The van der Waals surface area contributed by atoms with Crippen molar-refractivity contribution in [3.05, 3.63) is 58.6 Å². The zero-order chi connectivity index (χ0) is 17.7. The van der Waals surface area contributed by atoms with Gasteiger partial charge in [-0.2, -0.15) is 18.4 Å². The molecule has 2 N–H and O–H groups in total. The van der Waals surface area contributed by atoms with Crippen LogP contribution >= 0.6 is 11.6 Å². The van der Waals surface area contributed by atoms with Gasteiger partial charge in [0.25, 0.3) is 0 Å². The molecule has 2 aromatic rings. The van der Waals surface area contributed by atoms with Crippen molar-refractivity contribution in [3.8, 4) is 6.07 Å². The Morgan fingerprint density at radius 2 is 1.83 bits per heavy atom. The molecule has 0 saturated carbocycles.